The van der Waals surface area contributed by atoms with Gasteiger partial charge in [0.2, 0.25) is 0 Å². The number of hydrogen-bond donors (Lipinski definition) is 0. The maximum absolute atomic E-state index is 12.6. The molecular formula is C8H10F2. The molecule has 0 aromatic carbocycles. The lowest BCUT2D eigenvalue weighted by molar-refractivity contribution is 0.324. The van der Waals surface area contributed by atoms with Crippen LogP contribution in [0.2, 0.25) is 0 Å². The van der Waals surface area contributed by atoms with Crippen molar-refractivity contribution in [3.63, 3.8) is 0 Å². The van der Waals surface area contributed by atoms with Crippen LogP contribution in [0.1, 0.15) is 13.8 Å². The highest BCUT2D eigenvalue weighted by atomic mass is 19.1. The van der Waals surface area contributed by atoms with Crippen molar-refractivity contribution in [1.82, 2.24) is 0 Å². The second-order valence-electron chi connectivity index (χ2n) is 2.67. The fourth-order valence-electron chi connectivity index (χ4n) is 0.989. The van der Waals surface area contributed by atoms with Gasteiger partial charge in [-0.3, -0.25) is 0 Å². The first-order chi connectivity index (χ1) is 4.61. The molecule has 0 saturated heterocycles. The van der Waals surface area contributed by atoms with Crippen molar-refractivity contribution in [2.75, 3.05) is 0 Å². The lowest BCUT2D eigenvalue weighted by Gasteiger charge is -2.15. The summed E-state index contributed by atoms with van der Waals surface area (Å²) >= 11 is 0. The third kappa shape index (κ3) is 1.25. The Kier molecular flexibility index (Phi) is 1.88. The summed E-state index contributed by atoms with van der Waals surface area (Å²) in [7, 11) is 0. The number of hydrogen-bond acceptors (Lipinski definition) is 0. The maximum Gasteiger partial charge on any atom is 0.127 e. The largest absolute Gasteiger partial charge is 0.242 e. The Bertz CT molecular complexity index is 169. The molecule has 10 heavy (non-hydrogen) atoms. The molecule has 0 amide bonds. The highest BCUT2D eigenvalue weighted by Crippen LogP contribution is 2.25. The lowest BCUT2D eigenvalue weighted by atomic mass is 9.96. The van der Waals surface area contributed by atoms with E-state index in [-0.39, 0.29) is 5.92 Å². The van der Waals surface area contributed by atoms with Gasteiger partial charge in [0.25, 0.3) is 0 Å². The monoisotopic (exact) mass is 144 g/mol. The molecule has 0 N–H and O–H groups in total. The lowest BCUT2D eigenvalue weighted by Crippen LogP contribution is -2.12. The molecule has 0 aliphatic heterocycles. The molecule has 0 aromatic rings. The van der Waals surface area contributed by atoms with Gasteiger partial charge < -0.3 is 0 Å². The van der Waals surface area contributed by atoms with Gasteiger partial charge in [0.05, 0.1) is 0 Å². The van der Waals surface area contributed by atoms with Gasteiger partial charge in [0.15, 0.2) is 0 Å². The van der Waals surface area contributed by atoms with Gasteiger partial charge in [-0.1, -0.05) is 13.0 Å². The minimum absolute atomic E-state index is 0.181. The normalized spacial score (nSPS) is 33.2. The summed E-state index contributed by atoms with van der Waals surface area (Å²) in [6.07, 6.45) is 1.49. The molecule has 0 spiro atoms. The average Bonchev–Trinajstić information content (AvgIpc) is 1.84. The summed E-state index contributed by atoms with van der Waals surface area (Å²) in [5.41, 5.74) is 0.543. The first-order valence-electron chi connectivity index (χ1n) is 3.31. The third-order valence-electron chi connectivity index (χ3n) is 1.70. The zero-order chi connectivity index (χ0) is 7.72. The molecule has 0 bridgehead atoms. The standard InChI is InChI=1S/C8H10F2/c1-5-3-6(2)8(10)4-7(5)9/h3-5,7H,1-2H3. The Balaban J connectivity index is 2.83. The summed E-state index contributed by atoms with van der Waals surface area (Å²) in [4.78, 5) is 0. The third-order valence-corrected chi connectivity index (χ3v) is 1.70. The number of allylic oxidation sites excluding steroid dienone is 4. The van der Waals surface area contributed by atoms with Crippen LogP contribution in [-0.4, -0.2) is 6.17 Å². The number of rotatable bonds is 0. The van der Waals surface area contributed by atoms with E-state index in [9.17, 15) is 8.78 Å². The van der Waals surface area contributed by atoms with Gasteiger partial charge in [-0.05, 0) is 18.6 Å². The van der Waals surface area contributed by atoms with Crippen molar-refractivity contribution in [2.45, 2.75) is 20.0 Å². The van der Waals surface area contributed by atoms with Crippen LogP contribution in [0.15, 0.2) is 23.6 Å². The van der Waals surface area contributed by atoms with Crippen molar-refractivity contribution in [3.05, 3.63) is 23.6 Å². The molecule has 2 heteroatoms. The van der Waals surface area contributed by atoms with Gasteiger partial charge in [0.1, 0.15) is 12.0 Å². The molecule has 0 aromatic heterocycles. The molecule has 1 aliphatic rings. The van der Waals surface area contributed by atoms with E-state index in [0.29, 0.717) is 5.57 Å². The minimum Gasteiger partial charge on any atom is -0.242 e. The van der Waals surface area contributed by atoms with E-state index in [2.05, 4.69) is 0 Å². The molecule has 0 nitrogen and oxygen atoms in total. The predicted molar refractivity (Wildman–Crippen MR) is 37.0 cm³/mol. The summed E-state index contributed by atoms with van der Waals surface area (Å²) in [6.45, 7) is 3.38. The van der Waals surface area contributed by atoms with Crippen LogP contribution in [0.5, 0.6) is 0 Å². The van der Waals surface area contributed by atoms with Gasteiger partial charge in [-0.2, -0.15) is 0 Å². The van der Waals surface area contributed by atoms with Crippen LogP contribution in [0.3, 0.4) is 0 Å². The van der Waals surface area contributed by atoms with E-state index in [1.807, 2.05) is 0 Å². The molecule has 2 atom stereocenters. The van der Waals surface area contributed by atoms with E-state index in [4.69, 9.17) is 0 Å². The Hall–Kier alpha value is -0.660. The van der Waals surface area contributed by atoms with E-state index in [1.54, 1.807) is 19.9 Å². The van der Waals surface area contributed by atoms with Crippen LogP contribution >= 0.6 is 0 Å². The van der Waals surface area contributed by atoms with Crippen LogP contribution in [0.25, 0.3) is 0 Å². The van der Waals surface area contributed by atoms with Crippen molar-refractivity contribution in [2.24, 2.45) is 5.92 Å². The highest BCUT2D eigenvalue weighted by molar-refractivity contribution is 5.29. The molecule has 56 valence electrons. The second-order valence-corrected chi connectivity index (χ2v) is 2.67. The second kappa shape index (κ2) is 2.52. The zero-order valence-electron chi connectivity index (χ0n) is 6.07. The Morgan fingerprint density at radius 3 is 2.50 bits per heavy atom. The fourth-order valence-corrected chi connectivity index (χ4v) is 0.989. The van der Waals surface area contributed by atoms with Gasteiger partial charge in [0, 0.05) is 5.92 Å². The van der Waals surface area contributed by atoms with E-state index in [0.717, 1.165) is 6.08 Å². The SMILES string of the molecule is CC1=CC(C)C(F)C=C1F. The zero-order valence-corrected chi connectivity index (χ0v) is 6.07. The summed E-state index contributed by atoms with van der Waals surface area (Å²) in [5.74, 6) is -0.606. The summed E-state index contributed by atoms with van der Waals surface area (Å²) < 4.78 is 25.2. The molecular weight excluding hydrogens is 134 g/mol. The summed E-state index contributed by atoms with van der Waals surface area (Å²) in [5, 5.41) is 0. The van der Waals surface area contributed by atoms with Crippen molar-refractivity contribution < 1.29 is 8.78 Å². The van der Waals surface area contributed by atoms with Crippen LogP contribution in [-0.2, 0) is 0 Å². The average molecular weight is 144 g/mol. The quantitative estimate of drug-likeness (QED) is 0.490. The smallest absolute Gasteiger partial charge is 0.127 e. The van der Waals surface area contributed by atoms with Crippen LogP contribution < -0.4 is 0 Å². The van der Waals surface area contributed by atoms with E-state index >= 15 is 0 Å². The van der Waals surface area contributed by atoms with E-state index < -0.39 is 12.0 Å². The van der Waals surface area contributed by atoms with Crippen molar-refractivity contribution >= 4 is 0 Å². The number of halogens is 2. The highest BCUT2D eigenvalue weighted by Gasteiger charge is 2.18. The fraction of sp³-hybridized carbons (Fsp3) is 0.500. The Morgan fingerprint density at radius 2 is 2.00 bits per heavy atom. The van der Waals surface area contributed by atoms with Gasteiger partial charge in [-0.15, -0.1) is 0 Å². The molecule has 1 aliphatic carbocycles. The topological polar surface area (TPSA) is 0 Å². The maximum atomic E-state index is 12.6. The van der Waals surface area contributed by atoms with Crippen molar-refractivity contribution in [1.29, 1.82) is 0 Å². The molecule has 0 heterocycles. The van der Waals surface area contributed by atoms with Crippen LogP contribution in [0, 0.1) is 5.92 Å². The number of alkyl halides is 1. The van der Waals surface area contributed by atoms with Crippen LogP contribution in [0.4, 0.5) is 8.78 Å². The first-order valence-corrected chi connectivity index (χ1v) is 3.31. The van der Waals surface area contributed by atoms with E-state index in [1.165, 1.54) is 0 Å². The Morgan fingerprint density at radius 1 is 1.40 bits per heavy atom. The van der Waals surface area contributed by atoms with Gasteiger partial charge in [-0.25, -0.2) is 8.78 Å². The van der Waals surface area contributed by atoms with Gasteiger partial charge >= 0.3 is 0 Å². The minimum atomic E-state index is -1.15. The molecule has 0 saturated carbocycles. The molecule has 0 fully saturated rings. The Labute approximate surface area is 59.2 Å². The molecule has 1 rings (SSSR count). The summed E-state index contributed by atoms with van der Waals surface area (Å²) in [6, 6.07) is 0. The molecule has 0 radical (unpaired) electrons. The first kappa shape index (κ1) is 7.45. The molecule has 2 unspecified atom stereocenters. The predicted octanol–water partition coefficient (Wildman–Crippen LogP) is 2.77. The van der Waals surface area contributed by atoms with Crippen molar-refractivity contribution in [3.8, 4) is 0 Å².